The zero-order valence-electron chi connectivity index (χ0n) is 16.8. The van der Waals surface area contributed by atoms with E-state index >= 15 is 0 Å². The highest BCUT2D eigenvalue weighted by Crippen LogP contribution is 2.49. The Morgan fingerprint density at radius 2 is 1.74 bits per heavy atom. The van der Waals surface area contributed by atoms with E-state index in [4.69, 9.17) is 34.8 Å². The summed E-state index contributed by atoms with van der Waals surface area (Å²) in [5, 5.41) is 2.80. The van der Waals surface area contributed by atoms with Crippen molar-refractivity contribution in [3.63, 3.8) is 0 Å². The predicted molar refractivity (Wildman–Crippen MR) is 119 cm³/mol. The average Bonchev–Trinajstić information content (AvgIpc) is 3.18. The van der Waals surface area contributed by atoms with Crippen LogP contribution in [0.1, 0.15) is 49.4 Å². The van der Waals surface area contributed by atoms with Gasteiger partial charge < -0.3 is 5.32 Å². The second-order valence-electron chi connectivity index (χ2n) is 7.54. The topological polar surface area (TPSA) is 41.5 Å². The van der Waals surface area contributed by atoms with Crippen LogP contribution in [0.2, 0.25) is 15.1 Å². The van der Waals surface area contributed by atoms with Gasteiger partial charge in [0.15, 0.2) is 0 Å². The standard InChI is InChI=1S/C22H20Cl3F3N2O/c1-3-19(31)30-12(2)13-4-6-14(7-5-13)18-10-21(11-29-18,22(26,27)28)15-8-16(23)20(25)17(24)9-15/h4-9,12H,3,10-11H2,1-2H3,(H,30,31). The van der Waals surface area contributed by atoms with E-state index in [0.29, 0.717) is 17.7 Å². The van der Waals surface area contributed by atoms with Gasteiger partial charge in [-0.2, -0.15) is 13.2 Å². The third-order valence-electron chi connectivity index (χ3n) is 5.53. The molecule has 1 N–H and O–H groups in total. The molecule has 3 nitrogen and oxygen atoms in total. The number of carbonyl (C=O) groups is 1. The van der Waals surface area contributed by atoms with Crippen molar-refractivity contribution in [1.29, 1.82) is 0 Å². The van der Waals surface area contributed by atoms with Crippen LogP contribution >= 0.6 is 34.8 Å². The lowest BCUT2D eigenvalue weighted by Gasteiger charge is -2.32. The number of benzene rings is 2. The van der Waals surface area contributed by atoms with E-state index in [1.54, 1.807) is 31.2 Å². The molecule has 31 heavy (non-hydrogen) atoms. The normalized spacial score (nSPS) is 19.8. The fraction of sp³-hybridized carbons (Fsp3) is 0.364. The third kappa shape index (κ3) is 4.71. The minimum atomic E-state index is -4.57. The summed E-state index contributed by atoms with van der Waals surface area (Å²) in [5.74, 6) is -0.0769. The van der Waals surface area contributed by atoms with Gasteiger partial charge in [0, 0.05) is 18.6 Å². The lowest BCUT2D eigenvalue weighted by Crippen LogP contribution is -2.43. The van der Waals surface area contributed by atoms with Crippen molar-refractivity contribution in [2.75, 3.05) is 6.54 Å². The fourth-order valence-electron chi connectivity index (χ4n) is 3.59. The van der Waals surface area contributed by atoms with Crippen molar-refractivity contribution in [3.8, 4) is 0 Å². The van der Waals surface area contributed by atoms with Crippen LogP contribution in [-0.2, 0) is 10.2 Å². The molecule has 1 aliphatic rings. The number of carbonyl (C=O) groups excluding carboxylic acids is 1. The molecular weight excluding hydrogens is 472 g/mol. The SMILES string of the molecule is CCC(=O)NC(C)c1ccc(C2=NCC(c3cc(Cl)c(Cl)c(Cl)c3)(C(F)(F)F)C2)cc1. The number of halogens is 6. The minimum absolute atomic E-state index is 0.0171. The maximum atomic E-state index is 14.2. The van der Waals surface area contributed by atoms with Crippen molar-refractivity contribution in [3.05, 3.63) is 68.2 Å². The van der Waals surface area contributed by atoms with E-state index in [2.05, 4.69) is 10.3 Å². The summed E-state index contributed by atoms with van der Waals surface area (Å²) < 4.78 is 42.7. The Morgan fingerprint density at radius 1 is 1.16 bits per heavy atom. The highest BCUT2D eigenvalue weighted by Gasteiger charge is 2.58. The fourth-order valence-corrected chi connectivity index (χ4v) is 4.19. The summed E-state index contributed by atoms with van der Waals surface area (Å²) in [7, 11) is 0. The van der Waals surface area contributed by atoms with Crippen LogP contribution in [0.4, 0.5) is 13.2 Å². The van der Waals surface area contributed by atoms with E-state index in [1.165, 1.54) is 12.1 Å². The van der Waals surface area contributed by atoms with E-state index in [0.717, 1.165) is 5.56 Å². The highest BCUT2D eigenvalue weighted by molar-refractivity contribution is 6.48. The maximum Gasteiger partial charge on any atom is 0.400 e. The Balaban J connectivity index is 1.89. The Kier molecular flexibility index (Phi) is 6.94. The van der Waals surface area contributed by atoms with Crippen LogP contribution in [0, 0.1) is 0 Å². The van der Waals surface area contributed by atoms with Gasteiger partial charge in [0.2, 0.25) is 5.91 Å². The molecule has 9 heteroatoms. The third-order valence-corrected chi connectivity index (χ3v) is 6.73. The summed E-state index contributed by atoms with van der Waals surface area (Å²) in [5.41, 5.74) is -0.513. The molecule has 0 fully saturated rings. The van der Waals surface area contributed by atoms with Crippen molar-refractivity contribution in [1.82, 2.24) is 5.32 Å². The summed E-state index contributed by atoms with van der Waals surface area (Å²) in [6.45, 7) is 3.14. The van der Waals surface area contributed by atoms with Gasteiger partial charge in [0.1, 0.15) is 5.41 Å². The predicted octanol–water partition coefficient (Wildman–Crippen LogP) is 6.93. The van der Waals surface area contributed by atoms with E-state index in [1.807, 2.05) is 6.92 Å². The molecule has 1 heterocycles. The molecule has 2 aromatic carbocycles. The average molecular weight is 492 g/mol. The minimum Gasteiger partial charge on any atom is -0.350 e. The molecule has 166 valence electrons. The van der Waals surface area contributed by atoms with E-state index < -0.39 is 18.1 Å². The summed E-state index contributed by atoms with van der Waals surface area (Å²) in [6.07, 6.45) is -4.54. The Morgan fingerprint density at radius 3 is 2.26 bits per heavy atom. The summed E-state index contributed by atoms with van der Waals surface area (Å²) in [6, 6.07) is 9.21. The number of aliphatic imine (C=N–C) groups is 1. The number of rotatable bonds is 5. The summed E-state index contributed by atoms with van der Waals surface area (Å²) >= 11 is 17.9. The lowest BCUT2D eigenvalue weighted by molar-refractivity contribution is -0.183. The molecule has 2 atom stereocenters. The number of nitrogens with zero attached hydrogens (tertiary/aromatic N) is 1. The molecule has 1 amide bonds. The smallest absolute Gasteiger partial charge is 0.350 e. The first-order valence-electron chi connectivity index (χ1n) is 9.63. The van der Waals surface area contributed by atoms with Crippen LogP contribution in [0.3, 0.4) is 0 Å². The highest BCUT2D eigenvalue weighted by atomic mass is 35.5. The molecule has 2 aromatic rings. The molecule has 0 radical (unpaired) electrons. The van der Waals surface area contributed by atoms with Crippen molar-refractivity contribution in [2.45, 2.75) is 44.3 Å². The number of alkyl halides is 3. The molecule has 0 aliphatic carbocycles. The number of nitrogens with one attached hydrogen (secondary N) is 1. The van der Waals surface area contributed by atoms with Gasteiger partial charge in [-0.3, -0.25) is 9.79 Å². The maximum absolute atomic E-state index is 14.2. The van der Waals surface area contributed by atoms with Crippen LogP contribution in [0.25, 0.3) is 0 Å². The van der Waals surface area contributed by atoms with Gasteiger partial charge >= 0.3 is 6.18 Å². The Bertz CT molecular complexity index is 999. The molecule has 0 bridgehead atoms. The Hall–Kier alpha value is -1.76. The molecule has 0 saturated heterocycles. The van der Waals surface area contributed by atoms with Gasteiger partial charge in [0.25, 0.3) is 0 Å². The quantitative estimate of drug-likeness (QED) is 0.453. The molecule has 0 aromatic heterocycles. The molecular formula is C22H20Cl3F3N2O. The van der Waals surface area contributed by atoms with Crippen LogP contribution < -0.4 is 5.32 Å². The first-order valence-corrected chi connectivity index (χ1v) is 10.8. The molecule has 0 spiro atoms. The van der Waals surface area contributed by atoms with Gasteiger partial charge in [-0.1, -0.05) is 66.0 Å². The van der Waals surface area contributed by atoms with E-state index in [9.17, 15) is 18.0 Å². The second-order valence-corrected chi connectivity index (χ2v) is 8.73. The second kappa shape index (κ2) is 9.00. The van der Waals surface area contributed by atoms with Gasteiger partial charge in [0.05, 0.1) is 27.7 Å². The molecule has 1 aliphatic heterocycles. The van der Waals surface area contributed by atoms with Crippen molar-refractivity contribution >= 4 is 46.4 Å². The molecule has 0 saturated carbocycles. The largest absolute Gasteiger partial charge is 0.400 e. The monoisotopic (exact) mass is 490 g/mol. The number of amides is 1. The van der Waals surface area contributed by atoms with Gasteiger partial charge in [-0.25, -0.2) is 0 Å². The molecule has 3 rings (SSSR count). The number of hydrogen-bond acceptors (Lipinski definition) is 2. The zero-order chi connectivity index (χ0) is 23.0. The zero-order valence-corrected chi connectivity index (χ0v) is 19.1. The van der Waals surface area contributed by atoms with Crippen molar-refractivity contribution in [2.24, 2.45) is 4.99 Å². The number of hydrogen-bond donors (Lipinski definition) is 1. The first kappa shape index (κ1) is 23.9. The Labute approximate surface area is 193 Å². The summed E-state index contributed by atoms with van der Waals surface area (Å²) in [4.78, 5) is 15.8. The van der Waals surface area contributed by atoms with Crippen LogP contribution in [-0.4, -0.2) is 24.3 Å². The van der Waals surface area contributed by atoms with Crippen LogP contribution in [0.5, 0.6) is 0 Å². The first-order chi connectivity index (χ1) is 14.5. The van der Waals surface area contributed by atoms with Crippen molar-refractivity contribution < 1.29 is 18.0 Å². The molecule has 2 unspecified atom stereocenters. The van der Waals surface area contributed by atoms with E-state index in [-0.39, 0.29) is 39.0 Å². The van der Waals surface area contributed by atoms with Crippen LogP contribution in [0.15, 0.2) is 41.4 Å². The lowest BCUT2D eigenvalue weighted by atomic mass is 9.76. The van der Waals surface area contributed by atoms with Gasteiger partial charge in [-0.15, -0.1) is 0 Å². The van der Waals surface area contributed by atoms with Gasteiger partial charge in [-0.05, 0) is 35.7 Å².